The standard InChI is InChI=1S/C12H16ClN5O/c13-9-2-1-6-15-10(9)5-7-16-12(18-11(14)19)17-8-3-4-8/h1-2,6,8H,3-5,7H2,(H4,14,16,17,18,19). The lowest BCUT2D eigenvalue weighted by Crippen LogP contribution is -2.44. The second kappa shape index (κ2) is 6.38. The Labute approximate surface area is 116 Å². The van der Waals surface area contributed by atoms with Gasteiger partial charge in [-0.3, -0.25) is 15.3 Å². The van der Waals surface area contributed by atoms with Crippen molar-refractivity contribution < 1.29 is 4.79 Å². The van der Waals surface area contributed by atoms with Gasteiger partial charge in [0, 0.05) is 25.2 Å². The Morgan fingerprint density at radius 2 is 2.37 bits per heavy atom. The van der Waals surface area contributed by atoms with Gasteiger partial charge in [-0.05, 0) is 25.0 Å². The van der Waals surface area contributed by atoms with E-state index in [1.165, 1.54) is 0 Å². The molecule has 1 saturated carbocycles. The van der Waals surface area contributed by atoms with E-state index in [0.717, 1.165) is 18.5 Å². The molecule has 1 aliphatic rings. The molecule has 0 atom stereocenters. The van der Waals surface area contributed by atoms with Gasteiger partial charge in [0.05, 0.1) is 10.7 Å². The molecule has 0 spiro atoms. The first-order valence-electron chi connectivity index (χ1n) is 6.12. The predicted octanol–water partition coefficient (Wildman–Crippen LogP) is 1.05. The molecule has 1 aromatic rings. The molecule has 0 aromatic carbocycles. The second-order valence-electron chi connectivity index (χ2n) is 4.32. The van der Waals surface area contributed by atoms with Crippen LogP contribution < -0.4 is 16.4 Å². The summed E-state index contributed by atoms with van der Waals surface area (Å²) in [5.74, 6) is 0.419. The zero-order chi connectivity index (χ0) is 13.7. The predicted molar refractivity (Wildman–Crippen MR) is 74.1 cm³/mol. The van der Waals surface area contributed by atoms with Crippen LogP contribution in [0.3, 0.4) is 0 Å². The van der Waals surface area contributed by atoms with E-state index < -0.39 is 6.03 Å². The van der Waals surface area contributed by atoms with Crippen LogP contribution in [0.15, 0.2) is 23.3 Å². The van der Waals surface area contributed by atoms with E-state index in [1.54, 1.807) is 18.3 Å². The van der Waals surface area contributed by atoms with Crippen molar-refractivity contribution in [1.82, 2.24) is 15.6 Å². The van der Waals surface area contributed by atoms with Crippen LogP contribution in [0.4, 0.5) is 4.79 Å². The summed E-state index contributed by atoms with van der Waals surface area (Å²) in [5, 5.41) is 6.21. The number of nitrogens with two attached hydrogens (primary N) is 1. The van der Waals surface area contributed by atoms with Crippen molar-refractivity contribution in [2.75, 3.05) is 6.54 Å². The lowest BCUT2D eigenvalue weighted by molar-refractivity contribution is 0.253. The van der Waals surface area contributed by atoms with Gasteiger partial charge in [-0.2, -0.15) is 0 Å². The van der Waals surface area contributed by atoms with Crippen LogP contribution in [0.1, 0.15) is 18.5 Å². The molecule has 0 bridgehead atoms. The van der Waals surface area contributed by atoms with Crippen molar-refractivity contribution in [3.05, 3.63) is 29.0 Å². The van der Waals surface area contributed by atoms with Gasteiger partial charge < -0.3 is 11.1 Å². The van der Waals surface area contributed by atoms with Crippen LogP contribution in [-0.4, -0.2) is 29.6 Å². The summed E-state index contributed by atoms with van der Waals surface area (Å²) in [6.07, 6.45) is 4.48. The quantitative estimate of drug-likeness (QED) is 0.569. The Balaban J connectivity index is 1.90. The van der Waals surface area contributed by atoms with Gasteiger partial charge in [-0.15, -0.1) is 0 Å². The highest BCUT2D eigenvalue weighted by atomic mass is 35.5. The van der Waals surface area contributed by atoms with Crippen molar-refractivity contribution in [2.45, 2.75) is 25.3 Å². The largest absolute Gasteiger partial charge is 0.353 e. The lowest BCUT2D eigenvalue weighted by Gasteiger charge is -2.08. The molecule has 1 aliphatic carbocycles. The van der Waals surface area contributed by atoms with Gasteiger partial charge in [0.15, 0.2) is 5.96 Å². The summed E-state index contributed by atoms with van der Waals surface area (Å²) >= 11 is 6.00. The number of hydrogen-bond donors (Lipinski definition) is 3. The number of nitrogens with zero attached hydrogens (tertiary/aromatic N) is 2. The van der Waals surface area contributed by atoms with Crippen LogP contribution in [0, 0.1) is 0 Å². The fourth-order valence-corrected chi connectivity index (χ4v) is 1.75. The third-order valence-electron chi connectivity index (χ3n) is 2.61. The van der Waals surface area contributed by atoms with E-state index in [0.29, 0.717) is 30.0 Å². The highest BCUT2D eigenvalue weighted by Crippen LogP contribution is 2.18. The minimum Gasteiger partial charge on any atom is -0.353 e. The Morgan fingerprint density at radius 3 is 3.00 bits per heavy atom. The van der Waals surface area contributed by atoms with Crippen molar-refractivity contribution in [3.8, 4) is 0 Å². The number of amides is 2. The number of rotatable bonds is 4. The van der Waals surface area contributed by atoms with Crippen LogP contribution in [0.5, 0.6) is 0 Å². The zero-order valence-corrected chi connectivity index (χ0v) is 11.2. The minimum absolute atomic E-state index is 0.393. The fraction of sp³-hybridized carbons (Fsp3) is 0.417. The summed E-state index contributed by atoms with van der Waals surface area (Å²) in [7, 11) is 0. The molecule has 19 heavy (non-hydrogen) atoms. The molecule has 0 unspecified atom stereocenters. The number of guanidine groups is 1. The average Bonchev–Trinajstić information content (AvgIpc) is 3.14. The molecule has 0 saturated heterocycles. The molecule has 1 fully saturated rings. The van der Waals surface area contributed by atoms with Gasteiger partial charge in [0.2, 0.25) is 0 Å². The van der Waals surface area contributed by atoms with E-state index in [1.807, 2.05) is 0 Å². The van der Waals surface area contributed by atoms with Crippen LogP contribution in [0.25, 0.3) is 0 Å². The summed E-state index contributed by atoms with van der Waals surface area (Å²) in [6, 6.07) is 3.34. The number of pyridine rings is 1. The number of urea groups is 1. The van der Waals surface area contributed by atoms with Crippen molar-refractivity contribution in [3.63, 3.8) is 0 Å². The number of nitrogens with one attached hydrogen (secondary N) is 2. The summed E-state index contributed by atoms with van der Waals surface area (Å²) in [6.45, 7) is 0.478. The summed E-state index contributed by atoms with van der Waals surface area (Å²) < 4.78 is 0. The highest BCUT2D eigenvalue weighted by molar-refractivity contribution is 6.31. The normalized spacial score (nSPS) is 15.1. The summed E-state index contributed by atoms with van der Waals surface area (Å²) in [4.78, 5) is 19.3. The zero-order valence-electron chi connectivity index (χ0n) is 10.4. The maximum atomic E-state index is 10.9. The molecular formula is C12H16ClN5O. The average molecular weight is 282 g/mol. The monoisotopic (exact) mass is 281 g/mol. The molecule has 6 nitrogen and oxygen atoms in total. The maximum Gasteiger partial charge on any atom is 0.318 e. The van der Waals surface area contributed by atoms with E-state index in [4.69, 9.17) is 17.3 Å². The first-order valence-corrected chi connectivity index (χ1v) is 6.50. The number of carbonyl (C=O) groups excluding carboxylic acids is 1. The highest BCUT2D eigenvalue weighted by Gasteiger charge is 2.22. The molecule has 102 valence electrons. The Morgan fingerprint density at radius 1 is 1.58 bits per heavy atom. The van der Waals surface area contributed by atoms with Crippen LogP contribution in [-0.2, 0) is 6.42 Å². The van der Waals surface area contributed by atoms with E-state index >= 15 is 0 Å². The van der Waals surface area contributed by atoms with Crippen molar-refractivity contribution in [1.29, 1.82) is 0 Å². The number of halogens is 1. The third kappa shape index (κ3) is 4.75. The topological polar surface area (TPSA) is 92.4 Å². The lowest BCUT2D eigenvalue weighted by atomic mass is 10.3. The first kappa shape index (κ1) is 13.6. The molecule has 2 amide bonds. The smallest absolute Gasteiger partial charge is 0.318 e. The fourth-order valence-electron chi connectivity index (χ4n) is 1.53. The number of primary amides is 1. The van der Waals surface area contributed by atoms with Crippen LogP contribution in [0.2, 0.25) is 5.02 Å². The number of carbonyl (C=O) groups is 1. The Bertz CT molecular complexity index is 487. The minimum atomic E-state index is -0.622. The molecule has 4 N–H and O–H groups in total. The Hall–Kier alpha value is -1.82. The van der Waals surface area contributed by atoms with E-state index in [-0.39, 0.29) is 0 Å². The molecule has 1 heterocycles. The molecule has 2 rings (SSSR count). The Kier molecular flexibility index (Phi) is 4.57. The van der Waals surface area contributed by atoms with Crippen LogP contribution >= 0.6 is 11.6 Å². The molecule has 1 aromatic heterocycles. The van der Waals surface area contributed by atoms with Gasteiger partial charge in [-0.25, -0.2) is 4.79 Å². The number of hydrogen-bond acceptors (Lipinski definition) is 3. The maximum absolute atomic E-state index is 10.9. The third-order valence-corrected chi connectivity index (χ3v) is 2.96. The molecule has 0 radical (unpaired) electrons. The molecular weight excluding hydrogens is 266 g/mol. The second-order valence-corrected chi connectivity index (χ2v) is 4.73. The van der Waals surface area contributed by atoms with Gasteiger partial charge in [0.1, 0.15) is 0 Å². The van der Waals surface area contributed by atoms with Gasteiger partial charge in [0.25, 0.3) is 0 Å². The number of aliphatic imine (C=N–C) groups is 1. The first-order chi connectivity index (χ1) is 9.15. The van der Waals surface area contributed by atoms with Crippen molar-refractivity contribution in [2.24, 2.45) is 10.7 Å². The summed E-state index contributed by atoms with van der Waals surface area (Å²) in [5.41, 5.74) is 5.88. The van der Waals surface area contributed by atoms with E-state index in [2.05, 4.69) is 20.6 Å². The van der Waals surface area contributed by atoms with Gasteiger partial charge in [-0.1, -0.05) is 11.6 Å². The van der Waals surface area contributed by atoms with Crippen molar-refractivity contribution >= 4 is 23.6 Å². The molecule has 0 aliphatic heterocycles. The number of aromatic nitrogens is 1. The molecule has 7 heteroatoms. The van der Waals surface area contributed by atoms with Gasteiger partial charge >= 0.3 is 6.03 Å². The SMILES string of the molecule is NC(=O)NC(=NCCc1ncccc1Cl)NC1CC1. The van der Waals surface area contributed by atoms with E-state index in [9.17, 15) is 4.79 Å².